The van der Waals surface area contributed by atoms with Crippen LogP contribution >= 0.6 is 0 Å². The number of para-hydroxylation sites is 2. The highest BCUT2D eigenvalue weighted by molar-refractivity contribution is 5.95. The van der Waals surface area contributed by atoms with E-state index >= 15 is 0 Å². The van der Waals surface area contributed by atoms with Gasteiger partial charge in [0.05, 0.1) is 17.1 Å². The number of rotatable bonds is 4. The number of amides is 1. The molecule has 4 N–H and O–H groups in total. The van der Waals surface area contributed by atoms with E-state index in [1.54, 1.807) is 0 Å². The van der Waals surface area contributed by atoms with Crippen molar-refractivity contribution in [3.05, 3.63) is 48.5 Å². The molecule has 6 heteroatoms. The standard InChI is InChI=1S/C21H23N5O/c27-19(18-12-21(13-22-18)10-3-11-21)23-14-6-8-15(9-7-14)24-20-25-16-4-1-2-5-17(16)26-20/h1-2,4-9,18,22H,3,10-13H2,(H,23,27)(H2,24,25,26). The topological polar surface area (TPSA) is 81.8 Å². The summed E-state index contributed by atoms with van der Waals surface area (Å²) in [5, 5.41) is 9.68. The van der Waals surface area contributed by atoms with Gasteiger partial charge in [-0.05, 0) is 61.1 Å². The molecule has 3 aromatic rings. The van der Waals surface area contributed by atoms with Gasteiger partial charge in [-0.2, -0.15) is 0 Å². The largest absolute Gasteiger partial charge is 0.326 e. The van der Waals surface area contributed by atoms with Crippen molar-refractivity contribution in [2.75, 3.05) is 17.2 Å². The van der Waals surface area contributed by atoms with Crippen LogP contribution in [0.25, 0.3) is 11.0 Å². The van der Waals surface area contributed by atoms with Crippen LogP contribution in [0.1, 0.15) is 25.7 Å². The first-order valence-electron chi connectivity index (χ1n) is 9.55. The number of carbonyl (C=O) groups excluding carboxylic acids is 1. The van der Waals surface area contributed by atoms with Crippen LogP contribution in [0.2, 0.25) is 0 Å². The molecule has 27 heavy (non-hydrogen) atoms. The highest BCUT2D eigenvalue weighted by atomic mass is 16.2. The van der Waals surface area contributed by atoms with Crippen molar-refractivity contribution >= 4 is 34.3 Å². The summed E-state index contributed by atoms with van der Waals surface area (Å²) >= 11 is 0. The van der Waals surface area contributed by atoms with Crippen LogP contribution in [0.5, 0.6) is 0 Å². The molecular weight excluding hydrogens is 338 g/mol. The number of nitrogens with one attached hydrogen (secondary N) is 4. The number of nitrogens with zero attached hydrogens (tertiary/aromatic N) is 1. The third-order valence-corrected chi connectivity index (χ3v) is 5.90. The third kappa shape index (κ3) is 3.17. The molecule has 1 aliphatic carbocycles. The van der Waals surface area contributed by atoms with Gasteiger partial charge in [0.2, 0.25) is 11.9 Å². The molecule has 1 atom stereocenters. The molecule has 1 spiro atoms. The van der Waals surface area contributed by atoms with E-state index in [1.807, 2.05) is 48.5 Å². The summed E-state index contributed by atoms with van der Waals surface area (Å²) in [5.41, 5.74) is 4.04. The predicted molar refractivity (Wildman–Crippen MR) is 107 cm³/mol. The number of aromatic amines is 1. The van der Waals surface area contributed by atoms with E-state index in [9.17, 15) is 4.79 Å². The number of fused-ring (bicyclic) bond motifs is 1. The maximum absolute atomic E-state index is 12.5. The minimum atomic E-state index is -0.0707. The first-order valence-corrected chi connectivity index (χ1v) is 9.55. The van der Waals surface area contributed by atoms with Crippen LogP contribution in [0.3, 0.4) is 0 Å². The Morgan fingerprint density at radius 2 is 1.85 bits per heavy atom. The molecule has 2 aliphatic rings. The predicted octanol–water partition coefficient (Wildman–Crippen LogP) is 3.78. The highest BCUT2D eigenvalue weighted by Gasteiger charge is 2.45. The summed E-state index contributed by atoms with van der Waals surface area (Å²) in [7, 11) is 0. The zero-order valence-electron chi connectivity index (χ0n) is 15.1. The Bertz CT molecular complexity index is 941. The Balaban J connectivity index is 1.21. The zero-order valence-corrected chi connectivity index (χ0v) is 15.1. The lowest BCUT2D eigenvalue weighted by atomic mass is 9.67. The summed E-state index contributed by atoms with van der Waals surface area (Å²) in [6.07, 6.45) is 4.78. The third-order valence-electron chi connectivity index (χ3n) is 5.90. The first-order chi connectivity index (χ1) is 13.2. The second kappa shape index (κ2) is 6.39. The van der Waals surface area contributed by atoms with Crippen LogP contribution in [0.15, 0.2) is 48.5 Å². The van der Waals surface area contributed by atoms with Gasteiger partial charge in [-0.3, -0.25) is 4.79 Å². The fourth-order valence-electron chi connectivity index (χ4n) is 4.18. The molecule has 138 valence electrons. The van der Waals surface area contributed by atoms with E-state index in [4.69, 9.17) is 0 Å². The number of aromatic nitrogens is 2. The summed E-state index contributed by atoms with van der Waals surface area (Å²) in [6, 6.07) is 15.6. The molecule has 1 aromatic heterocycles. The average molecular weight is 361 g/mol. The monoisotopic (exact) mass is 361 g/mol. The van der Waals surface area contributed by atoms with Crippen molar-refractivity contribution in [1.29, 1.82) is 0 Å². The van der Waals surface area contributed by atoms with Gasteiger partial charge in [0.25, 0.3) is 0 Å². The lowest BCUT2D eigenvalue weighted by molar-refractivity contribution is -0.118. The second-order valence-corrected chi connectivity index (χ2v) is 7.79. The first kappa shape index (κ1) is 16.3. The average Bonchev–Trinajstić information content (AvgIpc) is 3.27. The van der Waals surface area contributed by atoms with Gasteiger partial charge in [-0.1, -0.05) is 18.6 Å². The molecule has 2 heterocycles. The molecule has 1 saturated heterocycles. The lowest BCUT2D eigenvalue weighted by Gasteiger charge is -2.37. The van der Waals surface area contributed by atoms with Gasteiger partial charge in [-0.25, -0.2) is 4.98 Å². The number of hydrogen-bond acceptors (Lipinski definition) is 4. The molecular formula is C21H23N5O. The van der Waals surface area contributed by atoms with Crippen molar-refractivity contribution in [3.8, 4) is 0 Å². The van der Waals surface area contributed by atoms with Gasteiger partial charge in [-0.15, -0.1) is 0 Å². The molecule has 0 bridgehead atoms. The summed E-state index contributed by atoms with van der Waals surface area (Å²) < 4.78 is 0. The van der Waals surface area contributed by atoms with Gasteiger partial charge in [0.15, 0.2) is 0 Å². The van der Waals surface area contributed by atoms with Gasteiger partial charge in [0.1, 0.15) is 0 Å². The Kier molecular flexibility index (Phi) is 3.86. The molecule has 1 amide bonds. The van der Waals surface area contributed by atoms with Crippen molar-refractivity contribution in [2.24, 2.45) is 5.41 Å². The number of carbonyl (C=O) groups is 1. The van der Waals surface area contributed by atoms with Crippen LogP contribution in [0.4, 0.5) is 17.3 Å². The highest BCUT2D eigenvalue weighted by Crippen LogP contribution is 2.47. The van der Waals surface area contributed by atoms with E-state index in [-0.39, 0.29) is 11.9 Å². The van der Waals surface area contributed by atoms with E-state index in [0.29, 0.717) is 11.4 Å². The van der Waals surface area contributed by atoms with Crippen molar-refractivity contribution in [3.63, 3.8) is 0 Å². The summed E-state index contributed by atoms with van der Waals surface area (Å²) in [6.45, 7) is 0.978. The van der Waals surface area contributed by atoms with E-state index in [2.05, 4.69) is 25.9 Å². The van der Waals surface area contributed by atoms with Gasteiger partial charge >= 0.3 is 0 Å². The fraction of sp³-hybridized carbons (Fsp3) is 0.333. The minimum absolute atomic E-state index is 0.0665. The summed E-state index contributed by atoms with van der Waals surface area (Å²) in [5.74, 6) is 0.769. The second-order valence-electron chi connectivity index (χ2n) is 7.79. The molecule has 2 fully saturated rings. The molecule has 5 rings (SSSR count). The Labute approximate surface area is 157 Å². The lowest BCUT2D eigenvalue weighted by Crippen LogP contribution is -2.35. The van der Waals surface area contributed by atoms with Crippen molar-refractivity contribution in [1.82, 2.24) is 15.3 Å². The van der Waals surface area contributed by atoms with Crippen LogP contribution in [-0.2, 0) is 4.79 Å². The smallest absolute Gasteiger partial charge is 0.241 e. The number of H-pyrrole nitrogens is 1. The van der Waals surface area contributed by atoms with Gasteiger partial charge < -0.3 is 20.9 Å². The SMILES string of the molecule is O=C(Nc1ccc(Nc2nc3ccccc3[nH]2)cc1)C1CC2(CCC2)CN1. The summed E-state index contributed by atoms with van der Waals surface area (Å²) in [4.78, 5) is 20.3. The van der Waals surface area contributed by atoms with E-state index < -0.39 is 0 Å². The van der Waals surface area contributed by atoms with Crippen molar-refractivity contribution < 1.29 is 4.79 Å². The molecule has 1 aliphatic heterocycles. The number of hydrogen-bond donors (Lipinski definition) is 4. The normalized spacial score (nSPS) is 20.5. The zero-order chi connectivity index (χ0) is 18.3. The minimum Gasteiger partial charge on any atom is -0.326 e. The quantitative estimate of drug-likeness (QED) is 0.570. The maximum atomic E-state index is 12.5. The molecule has 1 unspecified atom stereocenters. The van der Waals surface area contributed by atoms with Crippen molar-refractivity contribution in [2.45, 2.75) is 31.7 Å². The number of anilines is 3. The van der Waals surface area contributed by atoms with E-state index in [1.165, 1.54) is 19.3 Å². The van der Waals surface area contributed by atoms with Crippen LogP contribution in [0, 0.1) is 5.41 Å². The number of imidazole rings is 1. The van der Waals surface area contributed by atoms with E-state index in [0.717, 1.165) is 35.4 Å². The molecule has 0 radical (unpaired) electrons. The molecule has 2 aromatic carbocycles. The Morgan fingerprint density at radius 3 is 2.56 bits per heavy atom. The van der Waals surface area contributed by atoms with Crippen LogP contribution in [-0.4, -0.2) is 28.5 Å². The Hall–Kier alpha value is -2.86. The fourth-order valence-corrected chi connectivity index (χ4v) is 4.18. The molecule has 1 saturated carbocycles. The Morgan fingerprint density at radius 1 is 1.07 bits per heavy atom. The maximum Gasteiger partial charge on any atom is 0.241 e. The molecule has 6 nitrogen and oxygen atoms in total. The van der Waals surface area contributed by atoms with Crippen LogP contribution < -0.4 is 16.0 Å². The van der Waals surface area contributed by atoms with Gasteiger partial charge in [0, 0.05) is 17.9 Å². The number of benzene rings is 2.